The molecule has 0 aliphatic heterocycles. The van der Waals surface area contributed by atoms with Crippen LogP contribution in [0.1, 0.15) is 20.3 Å². The number of thiocarbonyl (C=S) groups is 1. The van der Waals surface area contributed by atoms with Crippen molar-refractivity contribution in [2.75, 3.05) is 0 Å². The third-order valence-electron chi connectivity index (χ3n) is 0.302. The van der Waals surface area contributed by atoms with E-state index in [1.807, 2.05) is 0 Å². The van der Waals surface area contributed by atoms with E-state index in [0.717, 1.165) is 0 Å². The summed E-state index contributed by atoms with van der Waals surface area (Å²) in [6.45, 7) is 3.28. The van der Waals surface area contributed by atoms with Crippen LogP contribution in [0.4, 0.5) is 0 Å². The van der Waals surface area contributed by atoms with Crippen molar-refractivity contribution in [3.63, 3.8) is 0 Å². The van der Waals surface area contributed by atoms with Crippen molar-refractivity contribution < 1.29 is 9.90 Å². The molecular formula is C5H11NO2S. The average Bonchev–Trinajstić information content (AvgIpc) is 1.65. The lowest BCUT2D eigenvalue weighted by Crippen LogP contribution is -1.98. The van der Waals surface area contributed by atoms with E-state index in [2.05, 4.69) is 12.2 Å². The van der Waals surface area contributed by atoms with Crippen LogP contribution < -0.4 is 5.73 Å². The number of nitrogens with two attached hydrogens (primary N) is 1. The van der Waals surface area contributed by atoms with E-state index >= 15 is 0 Å². The van der Waals surface area contributed by atoms with Crippen LogP contribution in [0.5, 0.6) is 0 Å². The first-order valence-corrected chi connectivity index (χ1v) is 2.89. The summed E-state index contributed by atoms with van der Waals surface area (Å²) in [6.07, 6.45) is 0.222. The molecule has 0 aromatic heterocycles. The van der Waals surface area contributed by atoms with Gasteiger partial charge < -0.3 is 10.8 Å². The standard InChI is InChI=1S/C3H6O2.C2H5NS/c1-2-3(4)5;1-2(3)4/h2H2,1H3,(H,4,5);1H3,(H2,3,4). The van der Waals surface area contributed by atoms with E-state index in [-0.39, 0.29) is 6.42 Å². The Morgan fingerprint density at radius 2 is 1.89 bits per heavy atom. The van der Waals surface area contributed by atoms with Crippen LogP contribution in [-0.4, -0.2) is 16.1 Å². The SMILES string of the molecule is CC(N)=S.CCC(=O)O. The normalized spacial score (nSPS) is 6.89. The predicted molar refractivity (Wildman–Crippen MR) is 40.4 cm³/mol. The predicted octanol–water partition coefficient (Wildman–Crippen LogP) is 0.773. The number of carboxylic acid groups (broad SMARTS) is 1. The summed E-state index contributed by atoms with van der Waals surface area (Å²) in [6, 6.07) is 0. The Morgan fingerprint density at radius 1 is 1.78 bits per heavy atom. The zero-order chi connectivity index (χ0) is 7.86. The van der Waals surface area contributed by atoms with Gasteiger partial charge in [-0.2, -0.15) is 0 Å². The molecule has 0 unspecified atom stereocenters. The van der Waals surface area contributed by atoms with Gasteiger partial charge in [0.15, 0.2) is 0 Å². The summed E-state index contributed by atoms with van der Waals surface area (Å²) in [4.78, 5) is 9.87. The second kappa shape index (κ2) is 7.36. The molecule has 0 aromatic carbocycles. The molecule has 0 fully saturated rings. The smallest absolute Gasteiger partial charge is 0.303 e. The largest absolute Gasteiger partial charge is 0.481 e. The van der Waals surface area contributed by atoms with E-state index in [9.17, 15) is 4.79 Å². The highest BCUT2D eigenvalue weighted by molar-refractivity contribution is 7.80. The highest BCUT2D eigenvalue weighted by Gasteiger charge is 1.80. The first-order valence-electron chi connectivity index (χ1n) is 2.48. The molecule has 0 saturated heterocycles. The number of aliphatic carboxylic acids is 1. The van der Waals surface area contributed by atoms with Crippen LogP contribution in [0.2, 0.25) is 0 Å². The maximum atomic E-state index is 9.37. The van der Waals surface area contributed by atoms with E-state index in [0.29, 0.717) is 4.99 Å². The number of hydrogen-bond acceptors (Lipinski definition) is 2. The van der Waals surface area contributed by atoms with Crippen molar-refractivity contribution in [1.29, 1.82) is 0 Å². The van der Waals surface area contributed by atoms with Gasteiger partial charge in [-0.25, -0.2) is 0 Å². The average molecular weight is 149 g/mol. The van der Waals surface area contributed by atoms with Crippen molar-refractivity contribution in [2.24, 2.45) is 5.73 Å². The minimum Gasteiger partial charge on any atom is -0.481 e. The third kappa shape index (κ3) is 114. The molecule has 0 amide bonds. The van der Waals surface area contributed by atoms with Crippen molar-refractivity contribution >= 4 is 23.2 Å². The van der Waals surface area contributed by atoms with Crippen molar-refractivity contribution in [3.8, 4) is 0 Å². The van der Waals surface area contributed by atoms with E-state index < -0.39 is 5.97 Å². The highest BCUT2D eigenvalue weighted by Crippen LogP contribution is 1.67. The lowest BCUT2D eigenvalue weighted by Gasteiger charge is -1.71. The zero-order valence-electron chi connectivity index (χ0n) is 5.55. The summed E-state index contributed by atoms with van der Waals surface area (Å²) in [5.74, 6) is -0.745. The molecule has 0 rings (SSSR count). The minimum absolute atomic E-state index is 0.222. The van der Waals surface area contributed by atoms with Crippen molar-refractivity contribution in [1.82, 2.24) is 0 Å². The third-order valence-corrected chi connectivity index (χ3v) is 0.302. The topological polar surface area (TPSA) is 63.3 Å². The molecule has 0 aliphatic rings. The molecule has 0 bridgehead atoms. The molecule has 9 heavy (non-hydrogen) atoms. The first kappa shape index (κ1) is 11.2. The maximum Gasteiger partial charge on any atom is 0.303 e. The molecule has 0 saturated carbocycles. The summed E-state index contributed by atoms with van der Waals surface area (Å²) >= 11 is 4.31. The highest BCUT2D eigenvalue weighted by atomic mass is 32.1. The summed E-state index contributed by atoms with van der Waals surface area (Å²) in [5.41, 5.74) is 4.84. The summed E-state index contributed by atoms with van der Waals surface area (Å²) in [5, 5.41) is 7.72. The van der Waals surface area contributed by atoms with E-state index in [1.165, 1.54) is 0 Å². The van der Waals surface area contributed by atoms with Crippen LogP contribution >= 0.6 is 12.2 Å². The molecule has 0 radical (unpaired) electrons. The fourth-order valence-corrected chi connectivity index (χ4v) is 0. The number of carboxylic acids is 1. The fourth-order valence-electron chi connectivity index (χ4n) is 0. The monoisotopic (exact) mass is 149 g/mol. The van der Waals surface area contributed by atoms with Gasteiger partial charge in [0.2, 0.25) is 0 Å². The molecular weight excluding hydrogens is 138 g/mol. The van der Waals surface area contributed by atoms with Crippen molar-refractivity contribution in [2.45, 2.75) is 20.3 Å². The van der Waals surface area contributed by atoms with Gasteiger partial charge in [0, 0.05) is 6.42 Å². The van der Waals surface area contributed by atoms with Gasteiger partial charge in [0.05, 0.1) is 4.99 Å². The Labute approximate surface area is 59.9 Å². The lowest BCUT2D eigenvalue weighted by molar-refractivity contribution is -0.136. The Morgan fingerprint density at radius 3 is 1.89 bits per heavy atom. The van der Waals surface area contributed by atoms with E-state index in [1.54, 1.807) is 13.8 Å². The van der Waals surface area contributed by atoms with Crippen LogP contribution in [0.15, 0.2) is 0 Å². The quantitative estimate of drug-likeness (QED) is 0.541. The van der Waals surface area contributed by atoms with Gasteiger partial charge >= 0.3 is 5.97 Å². The van der Waals surface area contributed by atoms with Crippen LogP contribution in [0, 0.1) is 0 Å². The number of rotatable bonds is 1. The Balaban J connectivity index is 0. The second-order valence-electron chi connectivity index (χ2n) is 1.36. The molecule has 0 atom stereocenters. The zero-order valence-corrected chi connectivity index (χ0v) is 6.36. The Hall–Kier alpha value is -0.640. The van der Waals surface area contributed by atoms with Crippen LogP contribution in [0.25, 0.3) is 0 Å². The first-order chi connectivity index (χ1) is 4.00. The number of hydrogen-bond donors (Lipinski definition) is 2. The van der Waals surface area contributed by atoms with Gasteiger partial charge in [-0.15, -0.1) is 0 Å². The van der Waals surface area contributed by atoms with Crippen molar-refractivity contribution in [3.05, 3.63) is 0 Å². The van der Waals surface area contributed by atoms with Gasteiger partial charge in [-0.1, -0.05) is 19.1 Å². The summed E-state index contributed by atoms with van der Waals surface area (Å²) < 4.78 is 0. The lowest BCUT2D eigenvalue weighted by atomic mass is 10.5. The van der Waals surface area contributed by atoms with Crippen LogP contribution in [0.3, 0.4) is 0 Å². The molecule has 3 N–H and O–H groups in total. The molecule has 0 heterocycles. The Bertz CT molecular complexity index is 99.1. The molecule has 4 heteroatoms. The van der Waals surface area contributed by atoms with E-state index in [4.69, 9.17) is 10.8 Å². The van der Waals surface area contributed by atoms with Gasteiger partial charge in [-0.3, -0.25) is 4.79 Å². The molecule has 0 spiro atoms. The summed E-state index contributed by atoms with van der Waals surface area (Å²) in [7, 11) is 0. The van der Waals surface area contributed by atoms with Gasteiger partial charge in [0.25, 0.3) is 0 Å². The van der Waals surface area contributed by atoms with Gasteiger partial charge in [0.1, 0.15) is 0 Å². The molecule has 54 valence electrons. The molecule has 0 aliphatic carbocycles. The number of carbonyl (C=O) groups is 1. The molecule has 0 aromatic rings. The van der Waals surface area contributed by atoms with Gasteiger partial charge in [-0.05, 0) is 6.92 Å². The minimum atomic E-state index is -0.745. The fraction of sp³-hybridized carbons (Fsp3) is 0.600. The Kier molecular flexibility index (Phi) is 9.16. The maximum absolute atomic E-state index is 9.37. The van der Waals surface area contributed by atoms with Crippen LogP contribution in [-0.2, 0) is 4.79 Å². The second-order valence-corrected chi connectivity index (χ2v) is 2.00. The molecule has 3 nitrogen and oxygen atoms in total.